The van der Waals surface area contributed by atoms with Gasteiger partial charge in [-0.15, -0.1) is 0 Å². The molecule has 0 aliphatic carbocycles. The summed E-state index contributed by atoms with van der Waals surface area (Å²) >= 11 is 0. The predicted molar refractivity (Wildman–Crippen MR) is 78.0 cm³/mol. The lowest BCUT2D eigenvalue weighted by Crippen LogP contribution is -2.49. The molecule has 0 aliphatic rings. The molecule has 1 aromatic rings. The number of aliphatic carboxylic acids is 1. The Morgan fingerprint density at radius 2 is 1.95 bits per heavy atom. The zero-order valence-corrected chi connectivity index (χ0v) is 12.0. The maximum atomic E-state index is 12.2. The number of primary amides is 1. The standard InChI is InChI=1S/C14H19N3O4/c1-9-5-3-4-6-11(9)17(8-7-12(18)19)14(21)16-10(2)13(15)20/h3-6,10H,7-8H2,1-2H3,(H2,15,20)(H,16,21)(H,18,19). The SMILES string of the molecule is Cc1ccccc1N(CCC(=O)O)C(=O)NC(C)C(N)=O. The summed E-state index contributed by atoms with van der Waals surface area (Å²) in [7, 11) is 0. The highest BCUT2D eigenvalue weighted by Crippen LogP contribution is 2.19. The molecule has 0 aromatic heterocycles. The maximum Gasteiger partial charge on any atom is 0.322 e. The lowest BCUT2D eigenvalue weighted by Gasteiger charge is -2.25. The molecule has 21 heavy (non-hydrogen) atoms. The van der Waals surface area contributed by atoms with Gasteiger partial charge in [0, 0.05) is 12.2 Å². The van der Waals surface area contributed by atoms with Crippen molar-refractivity contribution in [2.75, 3.05) is 11.4 Å². The van der Waals surface area contributed by atoms with Crippen LogP contribution < -0.4 is 16.0 Å². The Morgan fingerprint density at radius 3 is 2.48 bits per heavy atom. The molecule has 0 spiro atoms. The van der Waals surface area contributed by atoms with E-state index in [2.05, 4.69) is 5.32 Å². The van der Waals surface area contributed by atoms with Gasteiger partial charge in [0.15, 0.2) is 0 Å². The summed E-state index contributed by atoms with van der Waals surface area (Å²) in [5, 5.41) is 11.2. The number of carbonyl (C=O) groups excluding carboxylic acids is 2. The number of carboxylic acids is 1. The van der Waals surface area contributed by atoms with Crippen molar-refractivity contribution >= 4 is 23.6 Å². The number of benzene rings is 1. The molecule has 0 bridgehead atoms. The first-order valence-corrected chi connectivity index (χ1v) is 6.47. The second kappa shape index (κ2) is 7.28. The van der Waals surface area contributed by atoms with Gasteiger partial charge >= 0.3 is 12.0 Å². The first kappa shape index (κ1) is 16.5. The van der Waals surface area contributed by atoms with Crippen LogP contribution in [0.2, 0.25) is 0 Å². The Bertz CT molecular complexity index is 545. The molecule has 3 amide bonds. The minimum atomic E-state index is -1.01. The average molecular weight is 293 g/mol. The van der Waals surface area contributed by atoms with Crippen LogP contribution >= 0.6 is 0 Å². The molecule has 0 saturated carbocycles. The quantitative estimate of drug-likeness (QED) is 0.722. The summed E-state index contributed by atoms with van der Waals surface area (Å²) < 4.78 is 0. The monoisotopic (exact) mass is 293 g/mol. The number of carbonyl (C=O) groups is 3. The highest BCUT2D eigenvalue weighted by atomic mass is 16.4. The topological polar surface area (TPSA) is 113 Å². The molecule has 7 heteroatoms. The van der Waals surface area contributed by atoms with E-state index in [1.54, 1.807) is 12.1 Å². The minimum Gasteiger partial charge on any atom is -0.481 e. The second-order valence-electron chi connectivity index (χ2n) is 4.66. The zero-order valence-electron chi connectivity index (χ0n) is 12.0. The lowest BCUT2D eigenvalue weighted by molar-refractivity contribution is -0.136. The van der Waals surface area contributed by atoms with E-state index in [-0.39, 0.29) is 13.0 Å². The van der Waals surface area contributed by atoms with Gasteiger partial charge in [-0.25, -0.2) is 4.79 Å². The lowest BCUT2D eigenvalue weighted by atomic mass is 10.2. The molecule has 0 heterocycles. The van der Waals surface area contributed by atoms with E-state index in [1.807, 2.05) is 19.1 Å². The normalized spacial score (nSPS) is 11.5. The summed E-state index contributed by atoms with van der Waals surface area (Å²) in [6.45, 7) is 3.28. The summed E-state index contributed by atoms with van der Waals surface area (Å²) in [5.41, 5.74) is 6.52. The van der Waals surface area contributed by atoms with E-state index in [4.69, 9.17) is 10.8 Å². The van der Waals surface area contributed by atoms with Crippen LogP contribution in [-0.2, 0) is 9.59 Å². The Balaban J connectivity index is 2.97. The Labute approximate surface area is 122 Å². The number of anilines is 1. The number of rotatable bonds is 6. The Morgan fingerprint density at radius 1 is 1.33 bits per heavy atom. The largest absolute Gasteiger partial charge is 0.481 e. The number of nitrogens with one attached hydrogen (secondary N) is 1. The van der Waals surface area contributed by atoms with Gasteiger partial charge in [0.2, 0.25) is 5.91 Å². The van der Waals surface area contributed by atoms with E-state index >= 15 is 0 Å². The first-order valence-electron chi connectivity index (χ1n) is 6.47. The number of aryl methyl sites for hydroxylation is 1. The number of hydrogen-bond donors (Lipinski definition) is 3. The number of amides is 3. The van der Waals surface area contributed by atoms with Crippen LogP contribution in [0.5, 0.6) is 0 Å². The van der Waals surface area contributed by atoms with E-state index in [0.29, 0.717) is 5.69 Å². The molecule has 1 aromatic carbocycles. The molecular weight excluding hydrogens is 274 g/mol. The summed E-state index contributed by atoms with van der Waals surface area (Å²) in [4.78, 5) is 35.3. The highest BCUT2D eigenvalue weighted by Gasteiger charge is 2.21. The van der Waals surface area contributed by atoms with Gasteiger partial charge in [0.1, 0.15) is 6.04 Å². The molecule has 1 rings (SSSR count). The van der Waals surface area contributed by atoms with Crippen LogP contribution in [0.4, 0.5) is 10.5 Å². The molecule has 1 unspecified atom stereocenters. The van der Waals surface area contributed by atoms with Crippen molar-refractivity contribution in [1.29, 1.82) is 0 Å². The van der Waals surface area contributed by atoms with Crippen molar-refractivity contribution in [3.05, 3.63) is 29.8 Å². The smallest absolute Gasteiger partial charge is 0.322 e. The van der Waals surface area contributed by atoms with E-state index < -0.39 is 23.9 Å². The van der Waals surface area contributed by atoms with Crippen molar-refractivity contribution in [2.24, 2.45) is 5.73 Å². The van der Waals surface area contributed by atoms with Crippen molar-refractivity contribution in [3.8, 4) is 0 Å². The Kier molecular flexibility index (Phi) is 5.71. The third-order valence-electron chi connectivity index (χ3n) is 2.97. The summed E-state index contributed by atoms with van der Waals surface area (Å²) in [6.07, 6.45) is -0.202. The third-order valence-corrected chi connectivity index (χ3v) is 2.97. The van der Waals surface area contributed by atoms with E-state index in [1.165, 1.54) is 11.8 Å². The van der Waals surface area contributed by atoms with Crippen molar-refractivity contribution in [3.63, 3.8) is 0 Å². The number of carboxylic acid groups (broad SMARTS) is 1. The molecule has 1 atom stereocenters. The van der Waals surface area contributed by atoms with Crippen LogP contribution in [0.3, 0.4) is 0 Å². The number of urea groups is 1. The summed E-state index contributed by atoms with van der Waals surface area (Å²) in [5.74, 6) is -1.67. The number of nitrogens with zero attached hydrogens (tertiary/aromatic N) is 1. The molecule has 0 fully saturated rings. The fourth-order valence-electron chi connectivity index (χ4n) is 1.74. The third kappa shape index (κ3) is 4.79. The maximum absolute atomic E-state index is 12.2. The predicted octanol–water partition coefficient (Wildman–Crippen LogP) is 0.860. The molecule has 7 nitrogen and oxygen atoms in total. The van der Waals surface area contributed by atoms with Crippen molar-refractivity contribution in [1.82, 2.24) is 5.32 Å². The summed E-state index contributed by atoms with van der Waals surface area (Å²) in [6, 6.07) is 5.70. The van der Waals surface area contributed by atoms with E-state index in [0.717, 1.165) is 5.56 Å². The van der Waals surface area contributed by atoms with Gasteiger partial charge < -0.3 is 16.2 Å². The van der Waals surface area contributed by atoms with Crippen LogP contribution in [0.25, 0.3) is 0 Å². The van der Waals surface area contributed by atoms with Crippen LogP contribution in [0.15, 0.2) is 24.3 Å². The molecule has 0 saturated heterocycles. The first-order chi connectivity index (χ1) is 9.82. The second-order valence-corrected chi connectivity index (χ2v) is 4.66. The fraction of sp³-hybridized carbons (Fsp3) is 0.357. The van der Waals surface area contributed by atoms with Crippen LogP contribution in [0.1, 0.15) is 18.9 Å². The van der Waals surface area contributed by atoms with Gasteiger partial charge in [0.25, 0.3) is 0 Å². The van der Waals surface area contributed by atoms with E-state index in [9.17, 15) is 14.4 Å². The Hall–Kier alpha value is -2.57. The van der Waals surface area contributed by atoms with Crippen LogP contribution in [-0.4, -0.2) is 35.6 Å². The van der Waals surface area contributed by atoms with Gasteiger partial charge in [0.05, 0.1) is 6.42 Å². The molecule has 114 valence electrons. The molecule has 0 aliphatic heterocycles. The number of para-hydroxylation sites is 1. The van der Waals surface area contributed by atoms with Gasteiger partial charge in [-0.05, 0) is 25.5 Å². The highest BCUT2D eigenvalue weighted by molar-refractivity contribution is 5.96. The van der Waals surface area contributed by atoms with Crippen molar-refractivity contribution in [2.45, 2.75) is 26.3 Å². The van der Waals surface area contributed by atoms with Crippen molar-refractivity contribution < 1.29 is 19.5 Å². The zero-order chi connectivity index (χ0) is 16.0. The molecule has 0 radical (unpaired) electrons. The average Bonchev–Trinajstić information content (AvgIpc) is 2.40. The molecule has 4 N–H and O–H groups in total. The molecular formula is C14H19N3O4. The van der Waals surface area contributed by atoms with Gasteiger partial charge in [-0.3, -0.25) is 14.5 Å². The van der Waals surface area contributed by atoms with Crippen LogP contribution in [0, 0.1) is 6.92 Å². The number of hydrogen-bond acceptors (Lipinski definition) is 3. The fourth-order valence-corrected chi connectivity index (χ4v) is 1.74. The minimum absolute atomic E-state index is 0.00248. The van der Waals surface area contributed by atoms with Gasteiger partial charge in [-0.2, -0.15) is 0 Å². The number of nitrogens with two attached hydrogens (primary N) is 1. The van der Waals surface area contributed by atoms with Gasteiger partial charge in [-0.1, -0.05) is 18.2 Å².